The van der Waals surface area contributed by atoms with Gasteiger partial charge in [0.25, 0.3) is 11.5 Å². The molecular weight excluding hydrogens is 351 g/mol. The minimum atomic E-state index is -0.539. The minimum absolute atomic E-state index is 0.0292. The maximum absolute atomic E-state index is 13.3. The van der Waals surface area contributed by atoms with E-state index in [1.807, 2.05) is 19.0 Å². The summed E-state index contributed by atoms with van der Waals surface area (Å²) in [5, 5.41) is 0.594. The summed E-state index contributed by atoms with van der Waals surface area (Å²) in [6.45, 7) is 2.36. The zero-order valence-electron chi connectivity index (χ0n) is 15.5. The number of carbonyl (C=O) groups excluding carboxylic acids is 2. The van der Waals surface area contributed by atoms with E-state index < -0.39 is 11.4 Å². The molecule has 1 aliphatic rings. The Kier molecular flexibility index (Phi) is 5.55. The van der Waals surface area contributed by atoms with Crippen molar-refractivity contribution in [2.24, 2.45) is 0 Å². The Balaban J connectivity index is 1.68. The van der Waals surface area contributed by atoms with Gasteiger partial charge in [0.05, 0.1) is 5.52 Å². The van der Waals surface area contributed by atoms with Crippen LogP contribution in [0.5, 0.6) is 0 Å². The Bertz CT molecular complexity index is 917. The molecule has 2 amide bonds. The number of rotatable bonds is 4. The highest BCUT2D eigenvalue weighted by Gasteiger charge is 2.26. The molecule has 2 heterocycles. The van der Waals surface area contributed by atoms with E-state index in [4.69, 9.17) is 0 Å². The average Bonchev–Trinajstić information content (AvgIpc) is 2.65. The van der Waals surface area contributed by atoms with E-state index in [1.54, 1.807) is 9.80 Å². The topological polar surface area (TPSA) is 76.7 Å². The van der Waals surface area contributed by atoms with Gasteiger partial charge in [0, 0.05) is 39.1 Å². The van der Waals surface area contributed by atoms with Gasteiger partial charge >= 0.3 is 0 Å². The lowest BCUT2D eigenvalue weighted by atomic mass is 10.1. The van der Waals surface area contributed by atoms with Crippen LogP contribution in [0, 0.1) is 5.82 Å². The SMILES string of the molecule is CN(C)CCC(=O)N1CCN(C(=O)c2cc3ccc(F)cc3[nH]c2=O)CC1. The van der Waals surface area contributed by atoms with Crippen molar-refractivity contribution in [3.63, 3.8) is 0 Å². The van der Waals surface area contributed by atoms with E-state index in [2.05, 4.69) is 4.98 Å². The van der Waals surface area contributed by atoms with Crippen molar-refractivity contribution < 1.29 is 14.0 Å². The molecule has 2 aromatic rings. The zero-order valence-corrected chi connectivity index (χ0v) is 15.5. The number of halogens is 1. The summed E-state index contributed by atoms with van der Waals surface area (Å²) in [6.07, 6.45) is 0.446. The second-order valence-corrected chi connectivity index (χ2v) is 6.97. The number of piperazine rings is 1. The van der Waals surface area contributed by atoms with Gasteiger partial charge in [-0.25, -0.2) is 4.39 Å². The molecule has 27 heavy (non-hydrogen) atoms. The molecule has 1 aromatic heterocycles. The number of H-pyrrole nitrogens is 1. The molecule has 1 aliphatic heterocycles. The number of aromatic amines is 1. The molecule has 1 aromatic carbocycles. The molecule has 3 rings (SSSR count). The zero-order chi connectivity index (χ0) is 19.6. The lowest BCUT2D eigenvalue weighted by molar-refractivity contribution is -0.132. The first-order valence-corrected chi connectivity index (χ1v) is 8.89. The predicted octanol–water partition coefficient (Wildman–Crippen LogP) is 0.903. The van der Waals surface area contributed by atoms with Crippen molar-refractivity contribution in [2.75, 3.05) is 46.8 Å². The Labute approximate surface area is 156 Å². The van der Waals surface area contributed by atoms with Crippen LogP contribution in [0.25, 0.3) is 10.9 Å². The van der Waals surface area contributed by atoms with Gasteiger partial charge in [-0.3, -0.25) is 14.4 Å². The van der Waals surface area contributed by atoms with Crippen LogP contribution in [0.15, 0.2) is 29.1 Å². The summed E-state index contributed by atoms with van der Waals surface area (Å²) < 4.78 is 13.3. The van der Waals surface area contributed by atoms with E-state index in [-0.39, 0.29) is 17.4 Å². The van der Waals surface area contributed by atoms with E-state index in [0.29, 0.717) is 50.0 Å². The Hall–Kier alpha value is -2.74. The molecule has 1 fully saturated rings. The van der Waals surface area contributed by atoms with Gasteiger partial charge in [0.2, 0.25) is 5.91 Å². The monoisotopic (exact) mass is 374 g/mol. The fourth-order valence-corrected chi connectivity index (χ4v) is 3.14. The van der Waals surface area contributed by atoms with Crippen molar-refractivity contribution in [3.8, 4) is 0 Å². The number of nitrogens with one attached hydrogen (secondary N) is 1. The normalized spacial score (nSPS) is 14.8. The maximum Gasteiger partial charge on any atom is 0.261 e. The van der Waals surface area contributed by atoms with Gasteiger partial charge in [-0.1, -0.05) is 0 Å². The van der Waals surface area contributed by atoms with Gasteiger partial charge in [0.15, 0.2) is 0 Å². The van der Waals surface area contributed by atoms with Crippen LogP contribution in [0.3, 0.4) is 0 Å². The van der Waals surface area contributed by atoms with Crippen molar-refractivity contribution in [3.05, 3.63) is 46.0 Å². The molecule has 0 aliphatic carbocycles. The summed E-state index contributed by atoms with van der Waals surface area (Å²) >= 11 is 0. The Morgan fingerprint density at radius 3 is 2.44 bits per heavy atom. The Morgan fingerprint density at radius 1 is 1.11 bits per heavy atom. The van der Waals surface area contributed by atoms with E-state index in [0.717, 1.165) is 0 Å². The smallest absolute Gasteiger partial charge is 0.261 e. The van der Waals surface area contributed by atoms with Gasteiger partial charge in [-0.2, -0.15) is 0 Å². The number of fused-ring (bicyclic) bond motifs is 1. The van der Waals surface area contributed by atoms with Gasteiger partial charge in [-0.15, -0.1) is 0 Å². The molecule has 0 unspecified atom stereocenters. The van der Waals surface area contributed by atoms with Crippen LogP contribution >= 0.6 is 0 Å². The third-order valence-corrected chi connectivity index (χ3v) is 4.73. The maximum atomic E-state index is 13.3. The van der Waals surface area contributed by atoms with Crippen LogP contribution in [0.4, 0.5) is 4.39 Å². The van der Waals surface area contributed by atoms with E-state index in [9.17, 15) is 18.8 Å². The van der Waals surface area contributed by atoms with Crippen molar-refractivity contribution >= 4 is 22.7 Å². The van der Waals surface area contributed by atoms with Gasteiger partial charge in [-0.05, 0) is 43.7 Å². The highest BCUT2D eigenvalue weighted by atomic mass is 19.1. The largest absolute Gasteiger partial charge is 0.339 e. The summed E-state index contributed by atoms with van der Waals surface area (Å²) in [5.74, 6) is -0.753. The number of benzene rings is 1. The lowest BCUT2D eigenvalue weighted by Crippen LogP contribution is -2.51. The number of hydrogen-bond acceptors (Lipinski definition) is 4. The molecule has 0 spiro atoms. The number of hydrogen-bond donors (Lipinski definition) is 1. The first-order chi connectivity index (χ1) is 12.8. The van der Waals surface area contributed by atoms with Crippen molar-refractivity contribution in [1.82, 2.24) is 19.7 Å². The molecule has 1 saturated heterocycles. The van der Waals surface area contributed by atoms with Crippen molar-refractivity contribution in [2.45, 2.75) is 6.42 Å². The van der Waals surface area contributed by atoms with Crippen LogP contribution in [0.1, 0.15) is 16.8 Å². The number of nitrogens with zero attached hydrogens (tertiary/aromatic N) is 3. The first kappa shape index (κ1) is 19.0. The fraction of sp³-hybridized carbons (Fsp3) is 0.421. The molecule has 144 valence electrons. The second kappa shape index (κ2) is 7.87. The fourth-order valence-electron chi connectivity index (χ4n) is 3.14. The quantitative estimate of drug-likeness (QED) is 0.863. The number of aromatic nitrogens is 1. The third kappa shape index (κ3) is 4.33. The molecule has 0 atom stereocenters. The van der Waals surface area contributed by atoms with Crippen LogP contribution in [-0.4, -0.2) is 78.3 Å². The summed E-state index contributed by atoms with van der Waals surface area (Å²) in [7, 11) is 3.83. The van der Waals surface area contributed by atoms with Crippen LogP contribution < -0.4 is 5.56 Å². The molecular formula is C19H23FN4O3. The van der Waals surface area contributed by atoms with Gasteiger partial charge in [0.1, 0.15) is 11.4 Å². The highest BCUT2D eigenvalue weighted by Crippen LogP contribution is 2.14. The van der Waals surface area contributed by atoms with Crippen LogP contribution in [0.2, 0.25) is 0 Å². The first-order valence-electron chi connectivity index (χ1n) is 8.89. The number of carbonyl (C=O) groups is 2. The number of amides is 2. The van der Waals surface area contributed by atoms with Gasteiger partial charge < -0.3 is 19.7 Å². The third-order valence-electron chi connectivity index (χ3n) is 4.73. The summed E-state index contributed by atoms with van der Waals surface area (Å²) in [6, 6.07) is 5.53. The molecule has 8 heteroatoms. The Morgan fingerprint density at radius 2 is 1.78 bits per heavy atom. The minimum Gasteiger partial charge on any atom is -0.339 e. The van der Waals surface area contributed by atoms with Crippen LogP contribution in [-0.2, 0) is 4.79 Å². The predicted molar refractivity (Wildman–Crippen MR) is 100 cm³/mol. The summed E-state index contributed by atoms with van der Waals surface area (Å²) in [4.78, 5) is 45.0. The molecule has 1 N–H and O–H groups in total. The molecule has 7 nitrogen and oxygen atoms in total. The number of pyridine rings is 1. The molecule has 0 saturated carbocycles. The highest BCUT2D eigenvalue weighted by molar-refractivity contribution is 5.97. The van der Waals surface area contributed by atoms with Crippen molar-refractivity contribution in [1.29, 1.82) is 0 Å². The molecule has 0 radical (unpaired) electrons. The lowest BCUT2D eigenvalue weighted by Gasteiger charge is -2.35. The van der Waals surface area contributed by atoms with E-state index >= 15 is 0 Å². The summed E-state index contributed by atoms with van der Waals surface area (Å²) in [5.41, 5.74) is -0.156. The van der Waals surface area contributed by atoms with E-state index in [1.165, 1.54) is 24.3 Å². The standard InChI is InChI=1S/C19H23FN4O3/c1-22(2)6-5-17(25)23-7-9-24(10-8-23)19(27)15-11-13-3-4-14(20)12-16(13)21-18(15)26/h3-4,11-12H,5-10H2,1-2H3,(H,21,26). The average molecular weight is 374 g/mol. The second-order valence-electron chi connectivity index (χ2n) is 6.97. The molecule has 0 bridgehead atoms.